The summed E-state index contributed by atoms with van der Waals surface area (Å²) in [5, 5.41) is 7.65. The summed E-state index contributed by atoms with van der Waals surface area (Å²) in [5.41, 5.74) is 19.7. The molecule has 0 unspecified atom stereocenters. The second-order valence-electron chi connectivity index (χ2n) is 26.7. The minimum absolute atomic E-state index is 0. The van der Waals surface area contributed by atoms with Crippen LogP contribution in [0.25, 0.3) is 105 Å². The first kappa shape index (κ1) is 63.4. The van der Waals surface area contributed by atoms with E-state index in [0.717, 1.165) is 16.7 Å². The number of nitrogens with zero attached hydrogens (tertiary/aromatic N) is 3. The van der Waals surface area contributed by atoms with Gasteiger partial charge < -0.3 is 13.7 Å². The van der Waals surface area contributed by atoms with Crippen molar-refractivity contribution in [1.29, 1.82) is 0 Å². The van der Waals surface area contributed by atoms with Crippen LogP contribution in [0.3, 0.4) is 0 Å². The topological polar surface area (TPSA) is 14.8 Å². The molecule has 14 aromatic rings. The van der Waals surface area contributed by atoms with Crippen LogP contribution in [-0.2, 0) is 21.7 Å². The van der Waals surface area contributed by atoms with E-state index in [0.29, 0.717) is 5.56 Å². The SMILES string of the molecule is C.C.C.C.C.C.CC(C)(C)c1ccc(-n2c3ccccc3c3cccc(C(C)(C)C)c32)cc1.CC(C)(C)c1cccc2c3ccccc3n(-c3ccc(-c4ccccc4)cc3)c12.[2H]c1c([2H])c([2H])c(-c2ccc(-n3c4ccccc4c4cccc(C(C)(C)C)c43)cc2)c([2H])c1[2H]. The third kappa shape index (κ3) is 13.6. The van der Waals surface area contributed by atoms with Crippen LogP contribution in [0, 0.1) is 0 Å². The summed E-state index contributed by atoms with van der Waals surface area (Å²) in [5.74, 6) is 0. The van der Waals surface area contributed by atoms with Crippen LogP contribution in [0.4, 0.5) is 0 Å². The van der Waals surface area contributed by atoms with Crippen LogP contribution >= 0.6 is 0 Å². The lowest BCUT2D eigenvalue weighted by Gasteiger charge is -2.23. The zero-order valence-electron chi connectivity index (χ0n) is 56.3. The maximum Gasteiger partial charge on any atom is 0.0629 e. The highest BCUT2D eigenvalue weighted by Gasteiger charge is 2.26. The Hall–Kier alpha value is -9.18. The Morgan fingerprint density at radius 3 is 0.835 bits per heavy atom. The standard InChI is InChI=1S/2C28H25N.C26H29N.6CH4/c2*1-28(2,3)25-14-9-13-24-23-12-7-8-15-26(23)29(27(24)25)22-18-16-21(17-19-22)20-10-5-4-6-11-20;1-25(2,3)18-14-16-19(17-15-18)27-23-13-8-7-10-20(23)21-11-9-12-22(24(21)27)26(4,5)6;;;;;;/h2*4-19H,1-3H3;7-17H,1-6H3;6*1H4/i4D,5D,6D,10D,11D;;;;;;;;. The number of para-hydroxylation sites is 6. The monoisotopic (exact) mass is 1210 g/mol. The lowest BCUT2D eigenvalue weighted by Crippen LogP contribution is -2.13. The lowest BCUT2D eigenvalue weighted by atomic mass is 9.85. The summed E-state index contributed by atoms with van der Waals surface area (Å²) in [7, 11) is 0. The average molecular weight is 1210 g/mol. The molecular weight excluding hydrogens is 1100 g/mol. The van der Waals surface area contributed by atoms with Crippen molar-refractivity contribution in [3.8, 4) is 39.3 Å². The molecule has 14 rings (SSSR count). The smallest absolute Gasteiger partial charge is 0.0629 e. The fraction of sp³-hybridized carbons (Fsp3) is 0.250. The molecule has 0 atom stereocenters. The predicted molar refractivity (Wildman–Crippen MR) is 408 cm³/mol. The summed E-state index contributed by atoms with van der Waals surface area (Å²) >= 11 is 0. The molecule has 3 aromatic heterocycles. The molecule has 0 aliphatic heterocycles. The van der Waals surface area contributed by atoms with Crippen LogP contribution in [0.15, 0.2) is 261 Å². The molecule has 0 aliphatic carbocycles. The van der Waals surface area contributed by atoms with Crippen LogP contribution in [-0.4, -0.2) is 13.7 Å². The molecule has 0 fully saturated rings. The molecule has 0 amide bonds. The highest BCUT2D eigenvalue weighted by molar-refractivity contribution is 6.12. The zero-order chi connectivity index (χ0) is 63.8. The molecule has 11 aromatic carbocycles. The molecular formula is C88H103N3. The van der Waals surface area contributed by atoms with Crippen molar-refractivity contribution in [3.05, 3.63) is 283 Å². The van der Waals surface area contributed by atoms with E-state index >= 15 is 0 Å². The van der Waals surface area contributed by atoms with Gasteiger partial charge in [-0.05, 0) is 121 Å². The van der Waals surface area contributed by atoms with Crippen LogP contribution in [0.1, 0.15) is 157 Å². The van der Waals surface area contributed by atoms with E-state index in [-0.39, 0.29) is 102 Å². The summed E-state index contributed by atoms with van der Waals surface area (Å²) < 4.78 is 47.6. The first-order valence-electron chi connectivity index (χ1n) is 32.4. The quantitative estimate of drug-likeness (QED) is 0.163. The summed E-state index contributed by atoms with van der Waals surface area (Å²) in [6.45, 7) is 27.2. The van der Waals surface area contributed by atoms with Crippen LogP contribution in [0.5, 0.6) is 0 Å². The van der Waals surface area contributed by atoms with E-state index in [2.05, 4.69) is 297 Å². The minimum Gasteiger partial charge on any atom is -0.309 e. The first-order chi connectivity index (χ1) is 42.8. The molecule has 0 saturated heterocycles. The second kappa shape index (κ2) is 27.9. The van der Waals surface area contributed by atoms with Gasteiger partial charge >= 0.3 is 0 Å². The van der Waals surface area contributed by atoms with Gasteiger partial charge in [-0.2, -0.15) is 0 Å². The molecule has 470 valence electrons. The fourth-order valence-electron chi connectivity index (χ4n) is 12.4. The Bertz CT molecular complexity index is 4970. The van der Waals surface area contributed by atoms with Gasteiger partial charge in [-0.25, -0.2) is 0 Å². The molecule has 0 bridgehead atoms. The van der Waals surface area contributed by atoms with E-state index in [1.807, 2.05) is 30.3 Å². The summed E-state index contributed by atoms with van der Waals surface area (Å²) in [6.07, 6.45) is 0. The Morgan fingerprint density at radius 2 is 0.516 bits per heavy atom. The van der Waals surface area contributed by atoms with Crippen molar-refractivity contribution in [2.45, 2.75) is 149 Å². The van der Waals surface area contributed by atoms with Gasteiger partial charge in [0, 0.05) is 49.4 Å². The molecule has 0 spiro atoms. The van der Waals surface area contributed by atoms with E-state index in [1.54, 1.807) is 0 Å². The first-order valence-corrected chi connectivity index (χ1v) is 29.9. The van der Waals surface area contributed by atoms with Crippen molar-refractivity contribution in [1.82, 2.24) is 13.7 Å². The van der Waals surface area contributed by atoms with Crippen molar-refractivity contribution < 1.29 is 6.85 Å². The highest BCUT2D eigenvalue weighted by Crippen LogP contribution is 2.42. The Morgan fingerprint density at radius 1 is 0.242 bits per heavy atom. The Kier molecular flexibility index (Phi) is 19.4. The van der Waals surface area contributed by atoms with Crippen molar-refractivity contribution >= 4 is 65.4 Å². The summed E-state index contributed by atoms with van der Waals surface area (Å²) in [4.78, 5) is 0. The molecule has 0 radical (unpaired) electrons. The average Bonchev–Trinajstić information content (AvgIpc) is 1.59. The number of fused-ring (bicyclic) bond motifs is 9. The van der Waals surface area contributed by atoms with Gasteiger partial charge in [0.15, 0.2) is 0 Å². The van der Waals surface area contributed by atoms with Gasteiger partial charge in [0.05, 0.1) is 40.0 Å². The zero-order valence-corrected chi connectivity index (χ0v) is 51.3. The molecule has 0 saturated carbocycles. The second-order valence-corrected chi connectivity index (χ2v) is 26.7. The maximum absolute atomic E-state index is 8.30. The predicted octanol–water partition coefficient (Wildman–Crippen LogP) is 26.7. The molecule has 0 N–H and O–H groups in total. The highest BCUT2D eigenvalue weighted by atomic mass is 15.0. The number of benzene rings is 11. The minimum atomic E-state index is -0.379. The molecule has 3 heteroatoms. The van der Waals surface area contributed by atoms with Gasteiger partial charge in [-0.15, -0.1) is 0 Å². The van der Waals surface area contributed by atoms with Crippen LogP contribution in [0.2, 0.25) is 0 Å². The van der Waals surface area contributed by atoms with Gasteiger partial charge in [-0.3, -0.25) is 0 Å². The van der Waals surface area contributed by atoms with E-state index in [9.17, 15) is 0 Å². The maximum atomic E-state index is 8.30. The molecule has 3 heterocycles. The van der Waals surface area contributed by atoms with Crippen molar-refractivity contribution in [3.63, 3.8) is 0 Å². The lowest BCUT2D eigenvalue weighted by molar-refractivity contribution is 0.590. The number of hydrogen-bond acceptors (Lipinski definition) is 0. The van der Waals surface area contributed by atoms with Crippen molar-refractivity contribution in [2.75, 3.05) is 0 Å². The normalized spacial score (nSPS) is 12.2. The van der Waals surface area contributed by atoms with Gasteiger partial charge in [0.1, 0.15) is 0 Å². The summed E-state index contributed by atoms with van der Waals surface area (Å²) in [6, 6.07) is 80.5. The van der Waals surface area contributed by atoms with Gasteiger partial charge in [-0.1, -0.05) is 334 Å². The van der Waals surface area contributed by atoms with Gasteiger partial charge in [0.25, 0.3) is 0 Å². The number of hydrogen-bond donors (Lipinski definition) is 0. The number of aromatic nitrogens is 3. The molecule has 91 heavy (non-hydrogen) atoms. The molecule has 0 aliphatic rings. The Labute approximate surface area is 554 Å². The van der Waals surface area contributed by atoms with Gasteiger partial charge in [0.2, 0.25) is 0 Å². The van der Waals surface area contributed by atoms with Crippen LogP contribution < -0.4 is 0 Å². The van der Waals surface area contributed by atoms with E-state index in [1.165, 1.54) is 99.1 Å². The third-order valence-electron chi connectivity index (χ3n) is 16.6. The third-order valence-corrected chi connectivity index (χ3v) is 16.6. The largest absolute Gasteiger partial charge is 0.309 e. The van der Waals surface area contributed by atoms with E-state index in [4.69, 9.17) is 6.85 Å². The fourth-order valence-corrected chi connectivity index (χ4v) is 12.4. The number of rotatable bonds is 5. The van der Waals surface area contributed by atoms with Crippen molar-refractivity contribution in [2.24, 2.45) is 0 Å². The molecule has 3 nitrogen and oxygen atoms in total. The Balaban J connectivity index is 0.000000222. The van der Waals surface area contributed by atoms with E-state index < -0.39 is 0 Å².